The van der Waals surface area contributed by atoms with E-state index in [1.54, 1.807) is 340 Å². The number of carboxylic acids is 14. The molecule has 0 atom stereocenters. The van der Waals surface area contributed by atoms with Crippen molar-refractivity contribution in [2.24, 2.45) is 75.8 Å². The number of pyridine rings is 4. The second kappa shape index (κ2) is 86.6. The van der Waals surface area contributed by atoms with Crippen LogP contribution >= 0.6 is 0 Å². The fourth-order valence-electron chi connectivity index (χ4n) is 1.25. The molecule has 0 saturated carbocycles. The minimum absolute atomic E-state index is 0. The van der Waals surface area contributed by atoms with Crippen LogP contribution in [0, 0.1) is 75.8 Å². The summed E-state index contributed by atoms with van der Waals surface area (Å²) >= 11 is 0. The van der Waals surface area contributed by atoms with Gasteiger partial charge in [-0.2, -0.15) is 0 Å². The number of carboxylic acid groups (broad SMARTS) is 14. The van der Waals surface area contributed by atoms with Crippen LogP contribution < -0.4 is 61.3 Å². The van der Waals surface area contributed by atoms with Crippen LogP contribution in [0.3, 0.4) is 0 Å². The number of rotatable bonds is 0. The van der Waals surface area contributed by atoms with Crippen molar-refractivity contribution in [1.82, 2.24) is 19.9 Å². The third-order valence-corrected chi connectivity index (χ3v) is 10.9. The van der Waals surface area contributed by atoms with Crippen LogP contribution in [0.5, 0.6) is 0 Å². The van der Waals surface area contributed by atoms with Crippen molar-refractivity contribution in [3.05, 3.63) is 122 Å². The molecule has 4 aromatic rings. The van der Waals surface area contributed by atoms with Gasteiger partial charge >= 0.3 is 114 Å². The topological polar surface area (TPSA) is 665 Å². The summed E-state index contributed by atoms with van der Waals surface area (Å²) in [6.45, 7) is 67.6. The third kappa shape index (κ3) is 170. The summed E-state index contributed by atoms with van der Waals surface area (Å²) < 4.78 is 0. The molecular weight excluding hydrogens is 1950 g/mol. The number of hydrogen-bond donors (Lipinski definition) is 2. The van der Waals surface area contributed by atoms with Gasteiger partial charge in [-0.15, -0.1) is 0 Å². The van der Waals surface area contributed by atoms with Gasteiger partial charge in [0.1, 0.15) is 0 Å². The van der Waals surface area contributed by atoms with E-state index in [0.29, 0.717) is 0 Å². The summed E-state index contributed by atoms with van der Waals surface area (Å²) in [5.74, 6) is -13.6. The molecular formula is C90H148Mn6N4O30. The average Bonchev–Trinajstić information content (AvgIpc) is 1.03. The first kappa shape index (κ1) is 179. The van der Waals surface area contributed by atoms with E-state index in [0.717, 1.165) is 0 Å². The van der Waals surface area contributed by atoms with Gasteiger partial charge in [0.2, 0.25) is 0 Å². The van der Waals surface area contributed by atoms with Crippen LogP contribution in [0.1, 0.15) is 291 Å². The van der Waals surface area contributed by atoms with E-state index in [4.69, 9.17) is 10.2 Å². The van der Waals surface area contributed by atoms with Gasteiger partial charge in [-0.3, -0.25) is 29.5 Å². The maximum atomic E-state index is 10.0. The van der Waals surface area contributed by atoms with Gasteiger partial charge in [-0.1, -0.05) is 274 Å². The monoisotopic (exact) mass is 2090 g/mol. The van der Waals surface area contributed by atoms with E-state index in [-0.39, 0.29) is 113 Å². The largest absolute Gasteiger partial charge is 3.00 e. The van der Waals surface area contributed by atoms with Gasteiger partial charge in [-0.25, -0.2) is 0 Å². The van der Waals surface area contributed by atoms with E-state index in [1.165, 1.54) is 0 Å². The average molecular weight is 2100 g/mol. The SMILES string of the molecule is CC(C)(C)C(=O)O.CC(C)(C)C(=O)O.CC(C)(C)C(=O)[O-].CC(C)(C)C(=O)[O-].CC(C)(C)C(=O)[O-].CC(C)(C)C(=O)[O-].CC(C)(C)C(=O)[O-].CC(C)(C)C(=O)[O-].CC(C)(C)C(=O)[O-].CC(C)(C)C(=O)[O-].CC(C)(C)C(=O)[O-].CC(C)(C)C(=O)[O-].CC(C)(C)C(=O)[O-].CC(C)(C)C(=O)[O-].[Mn+2].[Mn+2].[Mn+3].[Mn+3].[Mn+3].[Mn+3].[O-2].[O-2].c1ccncc1.c1ccncc1.c1ccncc1.c1ccncc1. The predicted octanol–water partition coefficient (Wildman–Crippen LogP) is 3.70. The number of aliphatic carboxylic acids is 14. The third-order valence-electron chi connectivity index (χ3n) is 10.9. The number of aromatic nitrogens is 4. The molecule has 34 nitrogen and oxygen atoms in total. The zero-order valence-electron chi connectivity index (χ0n) is 83.9. The van der Waals surface area contributed by atoms with Crippen LogP contribution in [-0.2, 0) is 180 Å². The molecule has 0 amide bonds. The normalized spacial score (nSPS) is 9.98. The molecule has 0 aromatic carbocycles. The molecule has 130 heavy (non-hydrogen) atoms. The molecule has 750 valence electrons. The van der Waals surface area contributed by atoms with Crippen molar-refractivity contribution < 1.29 is 252 Å². The van der Waals surface area contributed by atoms with Gasteiger partial charge in [-0.05, 0) is 90.1 Å². The van der Waals surface area contributed by atoms with Crippen molar-refractivity contribution >= 4 is 83.6 Å². The van der Waals surface area contributed by atoms with Crippen molar-refractivity contribution in [1.29, 1.82) is 0 Å². The molecule has 0 unspecified atom stereocenters. The predicted molar refractivity (Wildman–Crippen MR) is 446 cm³/mol. The molecule has 40 heteroatoms. The van der Waals surface area contributed by atoms with Crippen LogP contribution in [0.15, 0.2) is 122 Å². The quantitative estimate of drug-likeness (QED) is 0.237. The zero-order valence-corrected chi connectivity index (χ0v) is 91.0. The summed E-state index contributed by atoms with van der Waals surface area (Å²) in [6.07, 6.45) is 14.0. The van der Waals surface area contributed by atoms with Crippen LogP contribution in [0.2, 0.25) is 0 Å². The summed E-state index contributed by atoms with van der Waals surface area (Å²) in [7, 11) is 0. The Morgan fingerprint density at radius 3 is 0.215 bits per heavy atom. The fraction of sp³-hybridized carbons (Fsp3) is 0.622. The molecule has 0 aliphatic carbocycles. The molecule has 2 N–H and O–H groups in total. The van der Waals surface area contributed by atoms with Gasteiger partial charge in [0.05, 0.1) is 10.8 Å². The van der Waals surface area contributed by atoms with E-state index >= 15 is 0 Å². The Balaban J connectivity index is -0.0000000473. The first-order valence-electron chi connectivity index (χ1n) is 37.7. The molecule has 0 aliphatic rings. The summed E-state index contributed by atoms with van der Waals surface area (Å²) in [5.41, 5.74) is -9.50. The minimum atomic E-state index is -1.01. The number of hydrogen-bond acceptors (Lipinski definition) is 30. The Bertz CT molecular complexity index is 2620. The first-order chi connectivity index (χ1) is 53.2. The molecule has 4 heterocycles. The van der Waals surface area contributed by atoms with Gasteiger partial charge in [0.25, 0.3) is 0 Å². The Labute approximate surface area is 838 Å². The molecule has 0 spiro atoms. The smallest absolute Gasteiger partial charge is 2.00 e. The number of carbonyl (C=O) groups excluding carboxylic acids is 12. The van der Waals surface area contributed by atoms with Crippen LogP contribution in [-0.4, -0.2) is 114 Å². The fourth-order valence-corrected chi connectivity index (χ4v) is 1.25. The van der Waals surface area contributed by atoms with Crippen LogP contribution in [0.25, 0.3) is 0 Å². The molecule has 2 radical (unpaired) electrons. The molecule has 4 aromatic heterocycles. The maximum Gasteiger partial charge on any atom is 3.00 e. The first-order valence-corrected chi connectivity index (χ1v) is 37.7. The standard InChI is InChI=1S/4C5H5N.14C5H10O2.6Mn.2O/c4*1-2-4-6-5-3-1;14*1-5(2,3)4(6)7;;;;;;;;/h4*1-5H;14*1-3H3,(H,6,7);;;;;;;;/q;;;;;;;;;;;;;;;;;;2*+2;4*+3;2*-2/p-12. The van der Waals surface area contributed by atoms with Crippen molar-refractivity contribution in [3.63, 3.8) is 0 Å². The van der Waals surface area contributed by atoms with Gasteiger partial charge < -0.3 is 140 Å². The second-order valence-electron chi connectivity index (χ2n) is 39.7. The Hall–Kier alpha value is -7.78. The molecule has 4 rings (SSSR count). The molecule has 0 fully saturated rings. The Kier molecular flexibility index (Phi) is 119. The van der Waals surface area contributed by atoms with E-state index in [1.807, 2.05) is 72.8 Å². The molecule has 0 saturated heterocycles. The van der Waals surface area contributed by atoms with Crippen molar-refractivity contribution in [2.45, 2.75) is 291 Å². The maximum absolute atomic E-state index is 10.0. The van der Waals surface area contributed by atoms with Crippen LogP contribution in [0.4, 0.5) is 0 Å². The second-order valence-corrected chi connectivity index (χ2v) is 39.7. The number of nitrogens with zero attached hydrogens (tertiary/aromatic N) is 4. The van der Waals surface area contributed by atoms with E-state index in [2.05, 4.69) is 19.9 Å². The zero-order chi connectivity index (χ0) is 102. The summed E-state index contributed by atoms with van der Waals surface area (Å²) in [4.78, 5) is 154. The van der Waals surface area contributed by atoms with Crippen molar-refractivity contribution in [3.8, 4) is 0 Å². The molecule has 0 aliphatic heterocycles. The Morgan fingerprint density at radius 2 is 0.208 bits per heavy atom. The molecule has 0 bridgehead atoms. The summed E-state index contributed by atoms with van der Waals surface area (Å²) in [5, 5.41) is 135. The van der Waals surface area contributed by atoms with Gasteiger partial charge in [0, 0.05) is 186 Å². The van der Waals surface area contributed by atoms with Crippen molar-refractivity contribution in [2.75, 3.05) is 0 Å². The Morgan fingerprint density at radius 1 is 0.162 bits per heavy atom. The van der Waals surface area contributed by atoms with Gasteiger partial charge in [0.15, 0.2) is 0 Å². The summed E-state index contributed by atoms with van der Waals surface area (Å²) in [6, 6.07) is 22.9. The number of carbonyl (C=O) groups is 14. The minimum Gasteiger partial charge on any atom is -2.00 e. The van der Waals surface area contributed by atoms with E-state index in [9.17, 15) is 128 Å². The van der Waals surface area contributed by atoms with E-state index < -0.39 is 159 Å².